The average molecular weight is 259 g/mol. The maximum atomic E-state index is 11.9. The number of fused-ring (bicyclic) bond motifs is 1. The fourth-order valence-corrected chi connectivity index (χ4v) is 2.08. The van der Waals surface area contributed by atoms with Crippen molar-refractivity contribution in [2.75, 3.05) is 11.9 Å². The standard InChI is InChI=1S/C14H17N3O2/c1-3-19-14(18)10-6-12(16-11-4-5-11)13-15-7-9(2)17(13)8-10/h6-8,11,16H,3-5H2,1-2H3. The molecule has 1 fully saturated rings. The number of nitrogens with one attached hydrogen (secondary N) is 1. The van der Waals surface area contributed by atoms with E-state index in [9.17, 15) is 4.79 Å². The van der Waals surface area contributed by atoms with Crippen molar-refractivity contribution in [2.24, 2.45) is 0 Å². The monoisotopic (exact) mass is 259 g/mol. The van der Waals surface area contributed by atoms with E-state index in [-0.39, 0.29) is 5.97 Å². The number of esters is 1. The lowest BCUT2D eigenvalue weighted by Gasteiger charge is -2.10. The summed E-state index contributed by atoms with van der Waals surface area (Å²) in [6, 6.07) is 2.34. The second kappa shape index (κ2) is 4.57. The SMILES string of the molecule is CCOC(=O)c1cc(NC2CC2)c2ncc(C)n2c1. The molecule has 2 aromatic heterocycles. The van der Waals surface area contributed by atoms with E-state index in [0.717, 1.165) is 17.0 Å². The molecule has 0 aliphatic heterocycles. The largest absolute Gasteiger partial charge is 0.462 e. The van der Waals surface area contributed by atoms with E-state index in [1.807, 2.05) is 30.5 Å². The molecule has 0 unspecified atom stereocenters. The summed E-state index contributed by atoms with van der Waals surface area (Å²) in [4.78, 5) is 16.3. The van der Waals surface area contributed by atoms with Crippen molar-refractivity contribution in [2.45, 2.75) is 32.7 Å². The van der Waals surface area contributed by atoms with Gasteiger partial charge in [-0.2, -0.15) is 0 Å². The molecule has 19 heavy (non-hydrogen) atoms. The predicted octanol–water partition coefficient (Wildman–Crippen LogP) is 2.39. The first kappa shape index (κ1) is 12.0. The van der Waals surface area contributed by atoms with Gasteiger partial charge in [0.05, 0.1) is 17.9 Å². The molecule has 1 aliphatic carbocycles. The second-order valence-corrected chi connectivity index (χ2v) is 4.87. The van der Waals surface area contributed by atoms with Gasteiger partial charge >= 0.3 is 5.97 Å². The van der Waals surface area contributed by atoms with E-state index in [4.69, 9.17) is 4.74 Å². The minimum Gasteiger partial charge on any atom is -0.462 e. The Hall–Kier alpha value is -2.04. The Morgan fingerprint density at radius 2 is 2.37 bits per heavy atom. The zero-order valence-corrected chi connectivity index (χ0v) is 11.1. The summed E-state index contributed by atoms with van der Waals surface area (Å²) in [6.45, 7) is 4.16. The van der Waals surface area contributed by atoms with Crippen LogP contribution in [0.2, 0.25) is 0 Å². The Morgan fingerprint density at radius 1 is 1.58 bits per heavy atom. The number of hydrogen-bond acceptors (Lipinski definition) is 4. The molecule has 0 aromatic carbocycles. The lowest BCUT2D eigenvalue weighted by atomic mass is 10.2. The third-order valence-electron chi connectivity index (χ3n) is 3.24. The molecule has 0 saturated heterocycles. The van der Waals surface area contributed by atoms with Crippen molar-refractivity contribution in [3.05, 3.63) is 29.7 Å². The van der Waals surface area contributed by atoms with Crippen LogP contribution < -0.4 is 5.32 Å². The van der Waals surface area contributed by atoms with Gasteiger partial charge in [0.2, 0.25) is 0 Å². The topological polar surface area (TPSA) is 55.6 Å². The Bertz CT molecular complexity index is 629. The molecule has 5 heteroatoms. The third kappa shape index (κ3) is 2.28. The van der Waals surface area contributed by atoms with Crippen molar-refractivity contribution in [1.82, 2.24) is 9.38 Å². The van der Waals surface area contributed by atoms with Gasteiger partial charge in [0.1, 0.15) is 0 Å². The second-order valence-electron chi connectivity index (χ2n) is 4.87. The van der Waals surface area contributed by atoms with Gasteiger partial charge in [-0.05, 0) is 32.8 Å². The zero-order chi connectivity index (χ0) is 13.4. The quantitative estimate of drug-likeness (QED) is 0.857. The van der Waals surface area contributed by atoms with Crippen LogP contribution in [0.5, 0.6) is 0 Å². The van der Waals surface area contributed by atoms with Gasteiger partial charge in [-0.3, -0.25) is 0 Å². The Morgan fingerprint density at radius 3 is 3.05 bits per heavy atom. The van der Waals surface area contributed by atoms with Gasteiger partial charge in [-0.25, -0.2) is 9.78 Å². The van der Waals surface area contributed by atoms with E-state index >= 15 is 0 Å². The molecular formula is C14H17N3O2. The first-order chi connectivity index (χ1) is 9.19. The predicted molar refractivity (Wildman–Crippen MR) is 72.5 cm³/mol. The van der Waals surface area contributed by atoms with Crippen LogP contribution in [0.3, 0.4) is 0 Å². The molecule has 0 spiro atoms. The van der Waals surface area contributed by atoms with Crippen molar-refractivity contribution in [3.8, 4) is 0 Å². The van der Waals surface area contributed by atoms with Crippen molar-refractivity contribution < 1.29 is 9.53 Å². The van der Waals surface area contributed by atoms with E-state index in [2.05, 4.69) is 10.3 Å². The highest BCUT2D eigenvalue weighted by molar-refractivity contribution is 5.91. The highest BCUT2D eigenvalue weighted by atomic mass is 16.5. The normalized spacial score (nSPS) is 14.6. The molecular weight excluding hydrogens is 242 g/mol. The number of imidazole rings is 1. The van der Waals surface area contributed by atoms with Gasteiger partial charge in [0.25, 0.3) is 0 Å². The summed E-state index contributed by atoms with van der Waals surface area (Å²) in [6.07, 6.45) is 5.95. The molecule has 1 saturated carbocycles. The molecule has 0 amide bonds. The van der Waals surface area contributed by atoms with E-state index < -0.39 is 0 Å². The molecule has 100 valence electrons. The molecule has 3 rings (SSSR count). The van der Waals surface area contributed by atoms with Crippen LogP contribution in [0.1, 0.15) is 35.8 Å². The lowest BCUT2D eigenvalue weighted by molar-refractivity contribution is 0.0526. The molecule has 0 atom stereocenters. The number of hydrogen-bond donors (Lipinski definition) is 1. The number of aromatic nitrogens is 2. The fraction of sp³-hybridized carbons (Fsp3) is 0.429. The van der Waals surface area contributed by atoms with Crippen LogP contribution in [0.25, 0.3) is 5.65 Å². The van der Waals surface area contributed by atoms with Crippen molar-refractivity contribution in [1.29, 1.82) is 0 Å². The first-order valence-corrected chi connectivity index (χ1v) is 6.60. The van der Waals surface area contributed by atoms with Gasteiger partial charge in [-0.15, -0.1) is 0 Å². The number of anilines is 1. The Kier molecular flexibility index (Phi) is 2.89. The van der Waals surface area contributed by atoms with Crippen LogP contribution in [0.4, 0.5) is 5.69 Å². The van der Waals surface area contributed by atoms with Crippen LogP contribution in [0, 0.1) is 6.92 Å². The van der Waals surface area contributed by atoms with Crippen LogP contribution in [0.15, 0.2) is 18.5 Å². The number of carbonyl (C=O) groups is 1. The molecule has 0 radical (unpaired) electrons. The number of aryl methyl sites for hydroxylation is 1. The minimum absolute atomic E-state index is 0.295. The fourth-order valence-electron chi connectivity index (χ4n) is 2.08. The number of carbonyl (C=O) groups excluding carboxylic acids is 1. The summed E-state index contributed by atoms with van der Waals surface area (Å²) in [7, 11) is 0. The molecule has 2 heterocycles. The van der Waals surface area contributed by atoms with Crippen LogP contribution in [-0.2, 0) is 4.74 Å². The van der Waals surface area contributed by atoms with E-state index in [0.29, 0.717) is 18.2 Å². The summed E-state index contributed by atoms with van der Waals surface area (Å²) in [5.41, 5.74) is 3.32. The minimum atomic E-state index is -0.295. The molecule has 0 bridgehead atoms. The summed E-state index contributed by atoms with van der Waals surface area (Å²) >= 11 is 0. The summed E-state index contributed by atoms with van der Waals surface area (Å²) in [5.74, 6) is -0.295. The maximum absolute atomic E-state index is 11.9. The van der Waals surface area contributed by atoms with Crippen LogP contribution >= 0.6 is 0 Å². The zero-order valence-electron chi connectivity index (χ0n) is 11.1. The van der Waals surface area contributed by atoms with Gasteiger partial charge in [0, 0.05) is 24.1 Å². The average Bonchev–Trinajstić information content (AvgIpc) is 3.13. The van der Waals surface area contributed by atoms with E-state index in [1.54, 1.807) is 6.20 Å². The van der Waals surface area contributed by atoms with Crippen molar-refractivity contribution >= 4 is 17.3 Å². The van der Waals surface area contributed by atoms with E-state index in [1.165, 1.54) is 12.8 Å². The number of nitrogens with zero attached hydrogens (tertiary/aromatic N) is 2. The van der Waals surface area contributed by atoms with Gasteiger partial charge in [0.15, 0.2) is 5.65 Å². The smallest absolute Gasteiger partial charge is 0.339 e. The number of rotatable bonds is 4. The lowest BCUT2D eigenvalue weighted by Crippen LogP contribution is -2.09. The first-order valence-electron chi connectivity index (χ1n) is 6.60. The highest BCUT2D eigenvalue weighted by Gasteiger charge is 2.23. The summed E-state index contributed by atoms with van der Waals surface area (Å²) < 4.78 is 7.00. The Balaban J connectivity index is 2.07. The number of pyridine rings is 1. The molecule has 1 N–H and O–H groups in total. The highest BCUT2D eigenvalue weighted by Crippen LogP contribution is 2.28. The molecule has 5 nitrogen and oxygen atoms in total. The van der Waals surface area contributed by atoms with Gasteiger partial charge in [-0.1, -0.05) is 0 Å². The third-order valence-corrected chi connectivity index (χ3v) is 3.24. The maximum Gasteiger partial charge on any atom is 0.339 e. The number of ether oxygens (including phenoxy) is 1. The van der Waals surface area contributed by atoms with Crippen molar-refractivity contribution in [3.63, 3.8) is 0 Å². The Labute approximate surface area is 111 Å². The summed E-state index contributed by atoms with van der Waals surface area (Å²) in [5, 5.41) is 3.42. The van der Waals surface area contributed by atoms with Crippen LogP contribution in [-0.4, -0.2) is 28.0 Å². The molecule has 2 aromatic rings. The van der Waals surface area contributed by atoms with Gasteiger partial charge < -0.3 is 14.5 Å². The molecule has 1 aliphatic rings.